The smallest absolute Gasteiger partial charge is 0.223 e. The number of rotatable bonds is 4. The Morgan fingerprint density at radius 1 is 1.77 bits per heavy atom. The highest BCUT2D eigenvalue weighted by Crippen LogP contribution is 2.21. The first-order chi connectivity index (χ1) is 6.22. The van der Waals surface area contributed by atoms with Crippen LogP contribution in [0, 0.1) is 5.92 Å². The molecule has 0 aliphatic carbocycles. The number of carbonyl (C=O) groups is 1. The highest BCUT2D eigenvalue weighted by Gasteiger charge is 2.32. The molecule has 0 aromatic rings. The van der Waals surface area contributed by atoms with Crippen molar-refractivity contribution in [1.29, 1.82) is 0 Å². The van der Waals surface area contributed by atoms with Crippen molar-refractivity contribution in [3.8, 4) is 0 Å². The Bertz CT molecular complexity index is 182. The Morgan fingerprint density at radius 2 is 2.46 bits per heavy atom. The molecule has 13 heavy (non-hydrogen) atoms. The molecule has 0 bridgehead atoms. The van der Waals surface area contributed by atoms with Crippen LogP contribution in [0.15, 0.2) is 0 Å². The monoisotopic (exact) mass is 203 g/mol. The second-order valence-corrected chi connectivity index (χ2v) is 3.91. The average molecular weight is 203 g/mol. The quantitative estimate of drug-likeness (QED) is 0.655. The molecule has 1 amide bonds. The van der Waals surface area contributed by atoms with Gasteiger partial charge in [0.15, 0.2) is 0 Å². The minimum atomic E-state index is 0.0115. The summed E-state index contributed by atoms with van der Waals surface area (Å²) in [5.74, 6) is 1.29. The van der Waals surface area contributed by atoms with Crippen LogP contribution in [-0.2, 0) is 4.79 Å². The van der Waals surface area contributed by atoms with Crippen molar-refractivity contribution in [2.75, 3.05) is 18.9 Å². The van der Waals surface area contributed by atoms with Crippen LogP contribution in [0.5, 0.6) is 0 Å². The van der Waals surface area contributed by atoms with Crippen molar-refractivity contribution >= 4 is 18.5 Å². The molecule has 0 saturated carbocycles. The van der Waals surface area contributed by atoms with Gasteiger partial charge in [-0.2, -0.15) is 12.6 Å². The van der Waals surface area contributed by atoms with E-state index in [0.29, 0.717) is 12.3 Å². The van der Waals surface area contributed by atoms with Gasteiger partial charge in [0.25, 0.3) is 0 Å². The van der Waals surface area contributed by atoms with Crippen LogP contribution >= 0.6 is 12.6 Å². The molecule has 4 heteroatoms. The van der Waals surface area contributed by atoms with Crippen molar-refractivity contribution in [2.24, 2.45) is 5.92 Å². The molecule has 1 saturated heterocycles. The fraction of sp³-hybridized carbons (Fsp3) is 0.889. The number of amides is 1. The maximum atomic E-state index is 11.5. The molecule has 1 unspecified atom stereocenters. The third kappa shape index (κ3) is 2.38. The first-order valence-electron chi connectivity index (χ1n) is 4.74. The molecule has 1 aliphatic rings. The molecule has 0 aromatic heterocycles. The number of hydrogen-bond donors (Lipinski definition) is 2. The number of likely N-dealkylation sites (tertiary alicyclic amines) is 1. The summed E-state index contributed by atoms with van der Waals surface area (Å²) in [6, 6.07) is 0.0115. The van der Waals surface area contributed by atoms with Crippen LogP contribution in [0.3, 0.4) is 0 Å². The molecular weight excluding hydrogens is 186 g/mol. The first kappa shape index (κ1) is 10.9. The standard InChI is InChI=1S/C9H17NO2S/c1-2-8(5-11)10-4-7(6-13)3-9(10)12/h7-8,11,13H,2-6H2,1H3/t7?,8-/m0/s1. The summed E-state index contributed by atoms with van der Waals surface area (Å²) >= 11 is 4.18. The fourth-order valence-corrected chi connectivity index (χ4v) is 1.98. The van der Waals surface area contributed by atoms with Crippen molar-refractivity contribution < 1.29 is 9.90 Å². The van der Waals surface area contributed by atoms with Crippen molar-refractivity contribution in [1.82, 2.24) is 4.90 Å². The highest BCUT2D eigenvalue weighted by molar-refractivity contribution is 7.80. The Morgan fingerprint density at radius 3 is 2.85 bits per heavy atom. The Labute approximate surface area is 84.5 Å². The van der Waals surface area contributed by atoms with Crippen LogP contribution in [-0.4, -0.2) is 40.9 Å². The van der Waals surface area contributed by atoms with Gasteiger partial charge in [-0.1, -0.05) is 6.92 Å². The maximum Gasteiger partial charge on any atom is 0.223 e. The van der Waals surface area contributed by atoms with Crippen LogP contribution in [0.4, 0.5) is 0 Å². The number of aliphatic hydroxyl groups is 1. The number of nitrogens with zero attached hydrogens (tertiary/aromatic N) is 1. The van der Waals surface area contributed by atoms with Gasteiger partial charge in [-0.05, 0) is 18.1 Å². The number of aliphatic hydroxyl groups excluding tert-OH is 1. The van der Waals surface area contributed by atoms with E-state index in [4.69, 9.17) is 5.11 Å². The van der Waals surface area contributed by atoms with Gasteiger partial charge < -0.3 is 10.0 Å². The van der Waals surface area contributed by atoms with Crippen LogP contribution < -0.4 is 0 Å². The summed E-state index contributed by atoms with van der Waals surface area (Å²) in [5.41, 5.74) is 0. The molecule has 3 nitrogen and oxygen atoms in total. The summed E-state index contributed by atoms with van der Waals surface area (Å²) in [7, 11) is 0. The molecule has 76 valence electrons. The Kier molecular flexibility index (Phi) is 4.06. The minimum absolute atomic E-state index is 0.0115. The number of hydrogen-bond acceptors (Lipinski definition) is 3. The summed E-state index contributed by atoms with van der Waals surface area (Å²) in [6.45, 7) is 2.82. The lowest BCUT2D eigenvalue weighted by atomic mass is 10.1. The SMILES string of the molecule is CC[C@@H](CO)N1CC(CS)CC1=O. The predicted octanol–water partition coefficient (Wildman–Crippen LogP) is 0.536. The van der Waals surface area contributed by atoms with Gasteiger partial charge in [0, 0.05) is 13.0 Å². The Hall–Kier alpha value is -0.220. The zero-order valence-electron chi connectivity index (χ0n) is 7.94. The van der Waals surface area contributed by atoms with Gasteiger partial charge in [-0.25, -0.2) is 0 Å². The molecule has 2 atom stereocenters. The van der Waals surface area contributed by atoms with E-state index < -0.39 is 0 Å². The third-order valence-corrected chi connectivity index (χ3v) is 3.14. The highest BCUT2D eigenvalue weighted by atomic mass is 32.1. The van der Waals surface area contributed by atoms with Crippen LogP contribution in [0.2, 0.25) is 0 Å². The normalized spacial score (nSPS) is 25.3. The van der Waals surface area contributed by atoms with Gasteiger partial charge in [-0.3, -0.25) is 4.79 Å². The average Bonchev–Trinajstić information content (AvgIpc) is 2.50. The van der Waals surface area contributed by atoms with E-state index in [0.717, 1.165) is 18.7 Å². The van der Waals surface area contributed by atoms with Gasteiger partial charge >= 0.3 is 0 Å². The second-order valence-electron chi connectivity index (χ2n) is 3.54. The molecule has 1 rings (SSSR count). The second kappa shape index (κ2) is 4.86. The predicted molar refractivity (Wildman–Crippen MR) is 54.8 cm³/mol. The van der Waals surface area contributed by atoms with Crippen LogP contribution in [0.25, 0.3) is 0 Å². The Balaban J connectivity index is 2.55. The molecule has 0 radical (unpaired) electrons. The largest absolute Gasteiger partial charge is 0.394 e. The number of carbonyl (C=O) groups excluding carboxylic acids is 1. The van der Waals surface area contributed by atoms with Gasteiger partial charge in [-0.15, -0.1) is 0 Å². The summed E-state index contributed by atoms with van der Waals surface area (Å²) in [6.07, 6.45) is 1.42. The van der Waals surface area contributed by atoms with E-state index in [1.165, 1.54) is 0 Å². The molecule has 0 spiro atoms. The zero-order valence-corrected chi connectivity index (χ0v) is 8.83. The molecule has 1 N–H and O–H groups in total. The molecule has 1 fully saturated rings. The van der Waals surface area contributed by atoms with E-state index in [2.05, 4.69) is 12.6 Å². The zero-order chi connectivity index (χ0) is 9.84. The van der Waals surface area contributed by atoms with Gasteiger partial charge in [0.2, 0.25) is 5.91 Å². The van der Waals surface area contributed by atoms with E-state index in [9.17, 15) is 4.79 Å². The van der Waals surface area contributed by atoms with E-state index in [1.54, 1.807) is 4.90 Å². The summed E-state index contributed by atoms with van der Waals surface area (Å²) in [5, 5.41) is 9.05. The lowest BCUT2D eigenvalue weighted by Crippen LogP contribution is -2.38. The molecule has 1 heterocycles. The topological polar surface area (TPSA) is 40.5 Å². The first-order valence-corrected chi connectivity index (χ1v) is 5.37. The lowest BCUT2D eigenvalue weighted by Gasteiger charge is -2.25. The lowest BCUT2D eigenvalue weighted by molar-refractivity contribution is -0.130. The molecule has 1 aliphatic heterocycles. The molecular formula is C9H17NO2S. The maximum absolute atomic E-state index is 11.5. The summed E-state index contributed by atoms with van der Waals surface area (Å²) < 4.78 is 0. The van der Waals surface area contributed by atoms with Crippen molar-refractivity contribution in [2.45, 2.75) is 25.8 Å². The van der Waals surface area contributed by atoms with E-state index in [1.807, 2.05) is 6.92 Å². The van der Waals surface area contributed by atoms with Gasteiger partial charge in [0.05, 0.1) is 12.6 Å². The summed E-state index contributed by atoms with van der Waals surface area (Å²) in [4.78, 5) is 13.3. The molecule has 0 aromatic carbocycles. The van der Waals surface area contributed by atoms with Crippen molar-refractivity contribution in [3.05, 3.63) is 0 Å². The van der Waals surface area contributed by atoms with E-state index >= 15 is 0 Å². The van der Waals surface area contributed by atoms with Crippen molar-refractivity contribution in [3.63, 3.8) is 0 Å². The van der Waals surface area contributed by atoms with Gasteiger partial charge in [0.1, 0.15) is 0 Å². The minimum Gasteiger partial charge on any atom is -0.394 e. The fourth-order valence-electron chi connectivity index (χ4n) is 1.73. The van der Waals surface area contributed by atoms with E-state index in [-0.39, 0.29) is 18.6 Å². The number of thiol groups is 1. The van der Waals surface area contributed by atoms with Crippen LogP contribution in [0.1, 0.15) is 19.8 Å². The third-order valence-electron chi connectivity index (χ3n) is 2.62.